The van der Waals surface area contributed by atoms with Gasteiger partial charge in [0.2, 0.25) is 0 Å². The lowest BCUT2D eigenvalue weighted by Gasteiger charge is -2.09. The maximum Gasteiger partial charge on any atom is 0.172 e. The van der Waals surface area contributed by atoms with Crippen LogP contribution in [0.5, 0.6) is 0 Å². The second-order valence-corrected chi connectivity index (χ2v) is 4.16. The van der Waals surface area contributed by atoms with Crippen LogP contribution in [0.2, 0.25) is 0 Å². The van der Waals surface area contributed by atoms with Gasteiger partial charge >= 0.3 is 0 Å². The molecule has 0 saturated heterocycles. The maximum atomic E-state index is 5.05. The number of terminal acetylenes is 1. The van der Waals surface area contributed by atoms with Crippen molar-refractivity contribution in [2.24, 2.45) is 0 Å². The number of ether oxygens (including phenoxy) is 1. The van der Waals surface area contributed by atoms with Gasteiger partial charge in [-0.15, -0.1) is 6.42 Å². The Hall–Kier alpha value is -1.09. The average Bonchev–Trinajstić information content (AvgIpc) is 2.28. The van der Waals surface area contributed by atoms with Gasteiger partial charge in [0.1, 0.15) is 13.3 Å². The molecule has 0 aliphatic carbocycles. The first-order valence-corrected chi connectivity index (χ1v) is 5.74. The normalized spacial score (nSPS) is 9.25. The number of rotatable bonds is 4. The highest BCUT2D eigenvalue weighted by molar-refractivity contribution is 9.10. The fourth-order valence-corrected chi connectivity index (χ4v) is 1.38. The van der Waals surface area contributed by atoms with E-state index in [4.69, 9.17) is 23.4 Å². The molecule has 0 unspecified atom stereocenters. The van der Waals surface area contributed by atoms with Crippen LogP contribution < -0.4 is 10.6 Å². The molecule has 1 aromatic rings. The molecule has 0 atom stereocenters. The van der Waals surface area contributed by atoms with Gasteiger partial charge in [0, 0.05) is 10.2 Å². The Morgan fingerprint density at radius 1 is 1.44 bits per heavy atom. The Bertz CT molecular complexity index is 386. The van der Waals surface area contributed by atoms with Gasteiger partial charge < -0.3 is 15.4 Å². The fraction of sp³-hybridized carbons (Fsp3) is 0.182. The summed E-state index contributed by atoms with van der Waals surface area (Å²) in [7, 11) is 0. The lowest BCUT2D eigenvalue weighted by molar-refractivity contribution is 0.162. The second kappa shape index (κ2) is 7.23. The minimum absolute atomic E-state index is 0.272. The first-order chi connectivity index (χ1) is 7.72. The first-order valence-electron chi connectivity index (χ1n) is 4.54. The van der Waals surface area contributed by atoms with E-state index in [0.717, 1.165) is 10.2 Å². The summed E-state index contributed by atoms with van der Waals surface area (Å²) in [5, 5.41) is 6.38. The summed E-state index contributed by atoms with van der Waals surface area (Å²) < 4.78 is 6.05. The van der Waals surface area contributed by atoms with E-state index in [1.54, 1.807) is 0 Å². The van der Waals surface area contributed by atoms with Crippen LogP contribution in [0.4, 0.5) is 5.69 Å². The zero-order chi connectivity index (χ0) is 11.8. The van der Waals surface area contributed by atoms with Crippen LogP contribution in [0.1, 0.15) is 0 Å². The molecule has 0 fully saturated rings. The van der Waals surface area contributed by atoms with Crippen molar-refractivity contribution in [3.63, 3.8) is 0 Å². The van der Waals surface area contributed by atoms with E-state index in [-0.39, 0.29) is 6.61 Å². The van der Waals surface area contributed by atoms with Crippen LogP contribution in [0.15, 0.2) is 28.7 Å². The van der Waals surface area contributed by atoms with Gasteiger partial charge in [-0.3, -0.25) is 0 Å². The topological polar surface area (TPSA) is 33.3 Å². The highest BCUT2D eigenvalue weighted by Gasteiger charge is 1.96. The van der Waals surface area contributed by atoms with Crippen molar-refractivity contribution >= 4 is 38.9 Å². The molecule has 1 aromatic carbocycles. The van der Waals surface area contributed by atoms with Gasteiger partial charge in [-0.2, -0.15) is 0 Å². The molecule has 3 nitrogen and oxygen atoms in total. The van der Waals surface area contributed by atoms with E-state index < -0.39 is 0 Å². The maximum absolute atomic E-state index is 5.05. The molecule has 0 amide bonds. The molecule has 0 heterocycles. The van der Waals surface area contributed by atoms with Crippen LogP contribution in [-0.2, 0) is 4.74 Å². The van der Waals surface area contributed by atoms with Gasteiger partial charge in [-0.1, -0.05) is 21.9 Å². The Balaban J connectivity index is 2.29. The van der Waals surface area contributed by atoms with Crippen molar-refractivity contribution in [2.75, 3.05) is 18.7 Å². The molecule has 2 N–H and O–H groups in total. The van der Waals surface area contributed by atoms with Crippen LogP contribution in [0.3, 0.4) is 0 Å². The number of thiocarbonyl (C=S) groups is 1. The van der Waals surface area contributed by atoms with Crippen molar-refractivity contribution in [3.05, 3.63) is 28.7 Å². The number of benzene rings is 1. The smallest absolute Gasteiger partial charge is 0.172 e. The van der Waals surface area contributed by atoms with Crippen molar-refractivity contribution in [1.82, 2.24) is 5.32 Å². The minimum Gasteiger partial charge on any atom is -0.349 e. The Morgan fingerprint density at radius 3 is 2.75 bits per heavy atom. The first kappa shape index (κ1) is 13.0. The standard InChI is InChI=1S/C11H11BrN2OS/c1-2-7-15-8-13-11(16)14-10-5-3-9(12)4-6-10/h1,3-6H,7-8H2,(H2,13,14,16). The van der Waals surface area contributed by atoms with Crippen molar-refractivity contribution in [1.29, 1.82) is 0 Å². The molecule has 0 bridgehead atoms. The lowest BCUT2D eigenvalue weighted by Crippen LogP contribution is -2.30. The van der Waals surface area contributed by atoms with Gasteiger partial charge in [-0.25, -0.2) is 0 Å². The quantitative estimate of drug-likeness (QED) is 0.387. The van der Waals surface area contributed by atoms with E-state index in [9.17, 15) is 0 Å². The van der Waals surface area contributed by atoms with Crippen LogP contribution >= 0.6 is 28.1 Å². The van der Waals surface area contributed by atoms with Crippen LogP contribution in [-0.4, -0.2) is 18.5 Å². The van der Waals surface area contributed by atoms with Gasteiger partial charge in [0.05, 0.1) is 0 Å². The predicted octanol–water partition coefficient (Wildman–Crippen LogP) is 2.34. The molecule has 0 radical (unpaired) electrons. The monoisotopic (exact) mass is 298 g/mol. The minimum atomic E-state index is 0.272. The Labute approximate surface area is 109 Å². The molecular formula is C11H11BrN2OS. The van der Waals surface area contributed by atoms with E-state index in [1.807, 2.05) is 24.3 Å². The summed E-state index contributed by atoms with van der Waals surface area (Å²) in [6.45, 7) is 0.570. The van der Waals surface area contributed by atoms with E-state index in [0.29, 0.717) is 11.8 Å². The number of anilines is 1. The molecule has 0 spiro atoms. The summed E-state index contributed by atoms with van der Waals surface area (Å²) in [6, 6.07) is 7.69. The number of nitrogens with one attached hydrogen (secondary N) is 2. The third-order valence-corrected chi connectivity index (χ3v) is 2.40. The summed E-state index contributed by atoms with van der Waals surface area (Å²) in [5.74, 6) is 2.37. The summed E-state index contributed by atoms with van der Waals surface area (Å²) in [6.07, 6.45) is 5.03. The van der Waals surface area contributed by atoms with Crippen molar-refractivity contribution in [2.45, 2.75) is 0 Å². The molecule has 0 saturated carbocycles. The largest absolute Gasteiger partial charge is 0.349 e. The SMILES string of the molecule is C#CCOCNC(=S)Nc1ccc(Br)cc1. The summed E-state index contributed by atoms with van der Waals surface area (Å²) in [4.78, 5) is 0. The summed E-state index contributed by atoms with van der Waals surface area (Å²) >= 11 is 8.41. The number of halogens is 1. The molecule has 0 aromatic heterocycles. The number of hydrogen-bond donors (Lipinski definition) is 2. The van der Waals surface area contributed by atoms with E-state index in [1.165, 1.54) is 0 Å². The molecule has 1 rings (SSSR count). The van der Waals surface area contributed by atoms with Crippen molar-refractivity contribution in [3.8, 4) is 12.3 Å². The number of hydrogen-bond acceptors (Lipinski definition) is 2. The van der Waals surface area contributed by atoms with E-state index >= 15 is 0 Å². The van der Waals surface area contributed by atoms with Gasteiger partial charge in [0.25, 0.3) is 0 Å². The average molecular weight is 299 g/mol. The summed E-state index contributed by atoms with van der Waals surface area (Å²) in [5.41, 5.74) is 0.914. The lowest BCUT2D eigenvalue weighted by atomic mass is 10.3. The molecule has 84 valence electrons. The van der Waals surface area contributed by atoms with Gasteiger partial charge in [-0.05, 0) is 36.5 Å². The highest BCUT2D eigenvalue weighted by atomic mass is 79.9. The molecular weight excluding hydrogens is 288 g/mol. The molecule has 0 aliphatic heterocycles. The van der Waals surface area contributed by atoms with Gasteiger partial charge in [0.15, 0.2) is 5.11 Å². The zero-order valence-electron chi connectivity index (χ0n) is 8.50. The Kier molecular flexibility index (Phi) is 5.86. The van der Waals surface area contributed by atoms with Crippen LogP contribution in [0.25, 0.3) is 0 Å². The third kappa shape index (κ3) is 5.12. The van der Waals surface area contributed by atoms with Crippen molar-refractivity contribution < 1.29 is 4.74 Å². The second-order valence-electron chi connectivity index (χ2n) is 2.83. The molecule has 5 heteroatoms. The van der Waals surface area contributed by atoms with Crippen LogP contribution in [0, 0.1) is 12.3 Å². The highest BCUT2D eigenvalue weighted by Crippen LogP contribution is 2.13. The predicted molar refractivity (Wildman–Crippen MR) is 73.2 cm³/mol. The van der Waals surface area contributed by atoms with E-state index in [2.05, 4.69) is 32.5 Å². The zero-order valence-corrected chi connectivity index (χ0v) is 10.9. The third-order valence-electron chi connectivity index (χ3n) is 1.62. The molecule has 0 aliphatic rings. The molecule has 16 heavy (non-hydrogen) atoms. The fourth-order valence-electron chi connectivity index (χ4n) is 0.935. The Morgan fingerprint density at radius 2 is 2.12 bits per heavy atom.